The molecule has 1 aromatic rings. The fourth-order valence-electron chi connectivity index (χ4n) is 1.85. The predicted molar refractivity (Wildman–Crippen MR) is 78.9 cm³/mol. The molecule has 110 valence electrons. The molecule has 20 heavy (non-hydrogen) atoms. The second kappa shape index (κ2) is 8.29. The van der Waals surface area contributed by atoms with Gasteiger partial charge in [0.2, 0.25) is 11.8 Å². The molecule has 0 spiro atoms. The number of primary amides is 1. The van der Waals surface area contributed by atoms with Gasteiger partial charge in [-0.05, 0) is 37.7 Å². The van der Waals surface area contributed by atoms with Gasteiger partial charge in [-0.15, -0.1) is 0 Å². The average molecular weight is 278 g/mol. The minimum absolute atomic E-state index is 0.0494. The smallest absolute Gasteiger partial charge is 0.231 e. The highest BCUT2D eigenvalue weighted by Crippen LogP contribution is 2.10. The summed E-state index contributed by atoms with van der Waals surface area (Å²) in [5, 5.41) is 2.83. The number of anilines is 1. The lowest BCUT2D eigenvalue weighted by Gasteiger charge is -2.13. The molecule has 6 nitrogen and oxygen atoms in total. The highest BCUT2D eigenvalue weighted by atomic mass is 16.2. The SMILES string of the molecule is CN(CCCC(=O)Nc1cccc(CN)c1)CC(N)=O. The van der Waals surface area contributed by atoms with Crippen molar-refractivity contribution in [2.75, 3.05) is 25.5 Å². The predicted octanol–water partition coefficient (Wildman–Crippen LogP) is 0.281. The molecule has 0 unspecified atom stereocenters. The summed E-state index contributed by atoms with van der Waals surface area (Å²) in [5.74, 6) is -0.415. The van der Waals surface area contributed by atoms with E-state index in [4.69, 9.17) is 11.5 Å². The zero-order valence-corrected chi connectivity index (χ0v) is 11.8. The Bertz CT molecular complexity index is 462. The number of nitrogens with zero attached hydrogens (tertiary/aromatic N) is 1. The third-order valence-corrected chi connectivity index (χ3v) is 2.82. The summed E-state index contributed by atoms with van der Waals surface area (Å²) in [7, 11) is 1.80. The van der Waals surface area contributed by atoms with Crippen molar-refractivity contribution >= 4 is 17.5 Å². The van der Waals surface area contributed by atoms with Crippen LogP contribution in [0.1, 0.15) is 18.4 Å². The van der Waals surface area contributed by atoms with E-state index in [0.717, 1.165) is 11.3 Å². The van der Waals surface area contributed by atoms with E-state index in [1.807, 2.05) is 24.3 Å². The first-order valence-corrected chi connectivity index (χ1v) is 6.57. The van der Waals surface area contributed by atoms with Crippen molar-refractivity contribution in [3.63, 3.8) is 0 Å². The lowest BCUT2D eigenvalue weighted by atomic mass is 10.2. The van der Waals surface area contributed by atoms with Crippen LogP contribution in [-0.2, 0) is 16.1 Å². The molecule has 6 heteroatoms. The van der Waals surface area contributed by atoms with Crippen LogP contribution in [0, 0.1) is 0 Å². The first kappa shape index (κ1) is 16.1. The number of amides is 2. The highest BCUT2D eigenvalue weighted by molar-refractivity contribution is 5.90. The van der Waals surface area contributed by atoms with E-state index >= 15 is 0 Å². The van der Waals surface area contributed by atoms with Crippen LogP contribution >= 0.6 is 0 Å². The quantitative estimate of drug-likeness (QED) is 0.635. The summed E-state index contributed by atoms with van der Waals surface area (Å²) < 4.78 is 0. The van der Waals surface area contributed by atoms with Crippen molar-refractivity contribution in [3.8, 4) is 0 Å². The maximum atomic E-state index is 11.8. The van der Waals surface area contributed by atoms with Gasteiger partial charge in [-0.1, -0.05) is 12.1 Å². The second-order valence-corrected chi connectivity index (χ2v) is 4.76. The van der Waals surface area contributed by atoms with Crippen LogP contribution in [0.15, 0.2) is 24.3 Å². The molecule has 0 heterocycles. The topological polar surface area (TPSA) is 101 Å². The Morgan fingerprint density at radius 1 is 1.35 bits per heavy atom. The van der Waals surface area contributed by atoms with Gasteiger partial charge in [0.05, 0.1) is 6.54 Å². The zero-order chi connectivity index (χ0) is 15.0. The molecule has 0 aromatic heterocycles. The second-order valence-electron chi connectivity index (χ2n) is 4.76. The first-order chi connectivity index (χ1) is 9.51. The van der Waals surface area contributed by atoms with Crippen LogP contribution in [-0.4, -0.2) is 36.9 Å². The van der Waals surface area contributed by atoms with Crippen molar-refractivity contribution in [2.45, 2.75) is 19.4 Å². The molecule has 0 aliphatic carbocycles. The van der Waals surface area contributed by atoms with Gasteiger partial charge in [0.15, 0.2) is 0 Å². The standard InChI is InChI=1S/C14H22N4O2/c1-18(10-13(16)19)7-3-6-14(20)17-12-5-2-4-11(8-12)9-15/h2,4-5,8H,3,6-7,9-10,15H2,1H3,(H2,16,19)(H,17,20). The lowest BCUT2D eigenvalue weighted by Crippen LogP contribution is -2.31. The number of benzene rings is 1. The van der Waals surface area contributed by atoms with Crippen LogP contribution in [0.25, 0.3) is 0 Å². The summed E-state index contributed by atoms with van der Waals surface area (Å²) in [6, 6.07) is 7.46. The molecular formula is C14H22N4O2. The van der Waals surface area contributed by atoms with Crippen LogP contribution < -0.4 is 16.8 Å². The highest BCUT2D eigenvalue weighted by Gasteiger charge is 2.06. The fourth-order valence-corrected chi connectivity index (χ4v) is 1.85. The number of likely N-dealkylation sites (N-methyl/N-ethyl adjacent to an activating group) is 1. The number of carbonyl (C=O) groups excluding carboxylic acids is 2. The monoisotopic (exact) mass is 278 g/mol. The fraction of sp³-hybridized carbons (Fsp3) is 0.429. The van der Waals surface area contributed by atoms with Gasteiger partial charge in [-0.25, -0.2) is 0 Å². The van der Waals surface area contributed by atoms with Crippen LogP contribution in [0.2, 0.25) is 0 Å². The van der Waals surface area contributed by atoms with E-state index < -0.39 is 0 Å². The van der Waals surface area contributed by atoms with E-state index in [1.54, 1.807) is 11.9 Å². The van der Waals surface area contributed by atoms with Gasteiger partial charge >= 0.3 is 0 Å². The number of hydrogen-bond donors (Lipinski definition) is 3. The van der Waals surface area contributed by atoms with Crippen LogP contribution in [0.3, 0.4) is 0 Å². The summed E-state index contributed by atoms with van der Waals surface area (Å²) >= 11 is 0. The van der Waals surface area contributed by atoms with E-state index in [1.165, 1.54) is 0 Å². The van der Waals surface area contributed by atoms with E-state index in [9.17, 15) is 9.59 Å². The molecule has 0 saturated heterocycles. The van der Waals surface area contributed by atoms with Gasteiger partial charge in [0.1, 0.15) is 0 Å². The van der Waals surface area contributed by atoms with Crippen LogP contribution in [0.5, 0.6) is 0 Å². The number of rotatable bonds is 8. The van der Waals surface area contributed by atoms with Gasteiger partial charge < -0.3 is 16.8 Å². The Kier molecular flexibility index (Phi) is 6.69. The van der Waals surface area contributed by atoms with E-state index in [-0.39, 0.29) is 18.4 Å². The Balaban J connectivity index is 2.31. The molecule has 0 radical (unpaired) electrons. The minimum atomic E-state index is -0.365. The average Bonchev–Trinajstić information content (AvgIpc) is 2.38. The van der Waals surface area contributed by atoms with Crippen molar-refractivity contribution in [2.24, 2.45) is 11.5 Å². The largest absolute Gasteiger partial charge is 0.369 e. The Morgan fingerprint density at radius 2 is 2.10 bits per heavy atom. The van der Waals surface area contributed by atoms with Crippen molar-refractivity contribution in [1.29, 1.82) is 0 Å². The summed E-state index contributed by atoms with van der Waals surface area (Å²) in [5.41, 5.74) is 12.4. The van der Waals surface area contributed by atoms with Gasteiger partial charge in [-0.2, -0.15) is 0 Å². The zero-order valence-electron chi connectivity index (χ0n) is 11.8. The molecule has 1 aromatic carbocycles. The third-order valence-electron chi connectivity index (χ3n) is 2.82. The molecule has 5 N–H and O–H groups in total. The number of nitrogens with one attached hydrogen (secondary N) is 1. The van der Waals surface area contributed by atoms with E-state index in [2.05, 4.69) is 5.32 Å². The normalized spacial score (nSPS) is 10.6. The lowest BCUT2D eigenvalue weighted by molar-refractivity contribution is -0.118. The first-order valence-electron chi connectivity index (χ1n) is 6.57. The Labute approximate surface area is 119 Å². The molecule has 0 bridgehead atoms. The molecule has 0 saturated carbocycles. The van der Waals surface area contributed by atoms with Crippen molar-refractivity contribution in [1.82, 2.24) is 4.90 Å². The summed E-state index contributed by atoms with van der Waals surface area (Å²) in [6.07, 6.45) is 1.07. The van der Waals surface area contributed by atoms with E-state index in [0.29, 0.717) is 25.9 Å². The number of nitrogens with two attached hydrogens (primary N) is 2. The Morgan fingerprint density at radius 3 is 2.75 bits per heavy atom. The molecule has 0 fully saturated rings. The number of hydrogen-bond acceptors (Lipinski definition) is 4. The van der Waals surface area contributed by atoms with Gasteiger partial charge in [-0.3, -0.25) is 14.5 Å². The van der Waals surface area contributed by atoms with Crippen molar-refractivity contribution in [3.05, 3.63) is 29.8 Å². The molecule has 1 rings (SSSR count). The summed E-state index contributed by atoms with van der Waals surface area (Å²) in [4.78, 5) is 24.3. The van der Waals surface area contributed by atoms with Crippen molar-refractivity contribution < 1.29 is 9.59 Å². The summed E-state index contributed by atoms with van der Waals surface area (Å²) in [6.45, 7) is 1.31. The maximum Gasteiger partial charge on any atom is 0.231 e. The van der Waals surface area contributed by atoms with Gasteiger partial charge in [0.25, 0.3) is 0 Å². The molecular weight excluding hydrogens is 256 g/mol. The maximum absolute atomic E-state index is 11.8. The minimum Gasteiger partial charge on any atom is -0.369 e. The third kappa shape index (κ3) is 6.31. The number of carbonyl (C=O) groups is 2. The Hall–Kier alpha value is -1.92. The van der Waals surface area contributed by atoms with Crippen LogP contribution in [0.4, 0.5) is 5.69 Å². The molecule has 2 amide bonds. The molecule has 0 aliphatic rings. The molecule has 0 atom stereocenters. The van der Waals surface area contributed by atoms with Gasteiger partial charge in [0, 0.05) is 18.7 Å². The molecule has 0 aliphatic heterocycles.